The number of halogens is 2. The fraction of sp³-hybridized carbons (Fsp3) is 0.468. The van der Waals surface area contributed by atoms with E-state index < -0.39 is 35.1 Å². The molecule has 18 heteroatoms. The topological polar surface area (TPSA) is 190 Å². The molecule has 4 aromatic carbocycles. The van der Waals surface area contributed by atoms with Crippen molar-refractivity contribution < 1.29 is 42.6 Å². The van der Waals surface area contributed by atoms with Crippen molar-refractivity contribution in [3.05, 3.63) is 124 Å². The molecule has 3 aliphatic rings. The van der Waals surface area contributed by atoms with Crippen molar-refractivity contribution in [2.45, 2.75) is 129 Å². The predicted molar refractivity (Wildman–Crippen MR) is 308 cm³/mol. The molecule has 0 spiro atoms. The number of β-amino-alcohol motifs (C(OH)–C–C–N with tert-alkyl or cyclic N) is 1. The molecule has 0 bridgehead atoms. The Balaban J connectivity index is 0.718. The van der Waals surface area contributed by atoms with Gasteiger partial charge in [-0.15, -0.1) is 11.3 Å². The smallest absolute Gasteiger partial charge is 0.258 e. The summed E-state index contributed by atoms with van der Waals surface area (Å²) in [5, 5.41) is 25.3. The number of aliphatic hydroxyl groups is 1. The van der Waals surface area contributed by atoms with Crippen LogP contribution in [0.3, 0.4) is 0 Å². The van der Waals surface area contributed by atoms with E-state index in [9.17, 15) is 37.9 Å². The Morgan fingerprint density at radius 3 is 2.25 bits per heavy atom. The highest BCUT2D eigenvalue weighted by molar-refractivity contribution is 7.13. The van der Waals surface area contributed by atoms with Crippen molar-refractivity contribution in [3.8, 4) is 10.4 Å². The number of aromatic nitrogens is 3. The number of fused-ring (bicyclic) bond motifs is 1. The van der Waals surface area contributed by atoms with Crippen LogP contribution in [-0.4, -0.2) is 124 Å². The fourth-order valence-corrected chi connectivity index (χ4v) is 12.1. The highest BCUT2D eigenvalue weighted by Crippen LogP contribution is 2.36. The third-order valence-electron chi connectivity index (χ3n) is 15.9. The standard InChI is InChI=1S/C62H74F2N8O7S/c1-39-58(80-38-65-39)43-15-11-40(12-16-43)14-20-56(75)55-36-49(74)37-72(55)61(78)52(62(2,3)4)35-48(73)9-7-5-6-8-10-57(76)71-25-23-70(24-26-71)47-17-18-50(54(34-47)66-46-21-27-79-28-22-46)60(77)67-59-51-32-41(13-19-53(51)68-69-59)29-42-30-44(63)33-45(64)31-42/h11-13,15-19,30-34,38,46,49,52,55,66,74H,5-10,14,20-29,35-37H2,1-4H3,(H2,67,68,69,77)/t49-,52-,55+/m1/s1. The highest BCUT2D eigenvalue weighted by Gasteiger charge is 2.44. The number of anilines is 3. The molecule has 3 fully saturated rings. The molecule has 2 aromatic heterocycles. The van der Waals surface area contributed by atoms with E-state index in [0.29, 0.717) is 111 Å². The number of rotatable bonds is 22. The van der Waals surface area contributed by atoms with Crippen LogP contribution in [0.25, 0.3) is 21.3 Å². The van der Waals surface area contributed by atoms with Gasteiger partial charge in [0.15, 0.2) is 11.6 Å². The average Bonchev–Trinajstić information content (AvgIpc) is 4.24. The summed E-state index contributed by atoms with van der Waals surface area (Å²) in [7, 11) is 0. The first kappa shape index (κ1) is 57.8. The number of likely N-dealkylation sites (tertiary alicyclic amines) is 1. The van der Waals surface area contributed by atoms with Gasteiger partial charge < -0.3 is 35.2 Å². The van der Waals surface area contributed by atoms with Gasteiger partial charge in [0, 0.05) is 113 Å². The summed E-state index contributed by atoms with van der Waals surface area (Å²) in [5.74, 6) is -2.19. The van der Waals surface area contributed by atoms with Gasteiger partial charge >= 0.3 is 0 Å². The zero-order valence-corrected chi connectivity index (χ0v) is 47.1. The molecule has 0 aliphatic carbocycles. The van der Waals surface area contributed by atoms with E-state index in [1.807, 2.05) is 98.8 Å². The molecule has 5 heterocycles. The molecule has 15 nitrogen and oxygen atoms in total. The van der Waals surface area contributed by atoms with Gasteiger partial charge in [0.25, 0.3) is 5.91 Å². The monoisotopic (exact) mass is 1110 g/mol. The van der Waals surface area contributed by atoms with Crippen LogP contribution in [0.2, 0.25) is 0 Å². The summed E-state index contributed by atoms with van der Waals surface area (Å²) in [4.78, 5) is 80.0. The molecule has 424 valence electrons. The second kappa shape index (κ2) is 26.1. The first-order valence-corrected chi connectivity index (χ1v) is 29.1. The maximum Gasteiger partial charge on any atom is 0.258 e. The van der Waals surface area contributed by atoms with Crippen molar-refractivity contribution >= 4 is 68.7 Å². The van der Waals surface area contributed by atoms with Gasteiger partial charge in [-0.25, -0.2) is 13.8 Å². The van der Waals surface area contributed by atoms with Crippen molar-refractivity contribution in [2.75, 3.05) is 61.5 Å². The summed E-state index contributed by atoms with van der Waals surface area (Å²) in [6.07, 6.45) is 5.76. The molecule has 3 amide bonds. The Morgan fingerprint density at radius 1 is 0.838 bits per heavy atom. The molecule has 3 atom stereocenters. The molecule has 0 unspecified atom stereocenters. The minimum atomic E-state index is -0.804. The van der Waals surface area contributed by atoms with Crippen molar-refractivity contribution in [3.63, 3.8) is 0 Å². The van der Waals surface area contributed by atoms with Crippen LogP contribution in [0, 0.1) is 29.9 Å². The Morgan fingerprint density at radius 2 is 1.55 bits per heavy atom. The van der Waals surface area contributed by atoms with Gasteiger partial charge in [0.1, 0.15) is 17.4 Å². The zero-order valence-electron chi connectivity index (χ0n) is 46.3. The normalized spacial score (nSPS) is 17.5. The molecule has 6 aromatic rings. The number of unbranched alkanes of at least 4 members (excludes halogenated alkanes) is 3. The number of aryl methyl sites for hydroxylation is 2. The number of hydrogen-bond donors (Lipinski definition) is 4. The number of Topliss-reactive ketones (excluding diaryl/α,β-unsaturated/α-hetero) is 2. The quantitative estimate of drug-likeness (QED) is 0.0473. The minimum Gasteiger partial charge on any atom is -0.391 e. The van der Waals surface area contributed by atoms with E-state index in [1.165, 1.54) is 17.0 Å². The van der Waals surface area contributed by atoms with E-state index >= 15 is 0 Å². The van der Waals surface area contributed by atoms with Gasteiger partial charge in [0.05, 0.1) is 39.3 Å². The first-order valence-electron chi connectivity index (χ1n) is 28.2. The van der Waals surface area contributed by atoms with Crippen molar-refractivity contribution in [1.29, 1.82) is 0 Å². The SMILES string of the molecule is Cc1ncsc1-c1ccc(CCC(=O)[C@@H]2C[C@@H](O)CN2C(=O)[C@@H](CC(=O)CCCCCCC(=O)N2CCN(c3ccc(C(=O)Nc4n[nH]c5ccc(Cc6cc(F)cc(F)c6)cc45)c(NC4CCOCC4)c3)CC2)C(C)(C)C)cc1. The number of nitrogens with one attached hydrogen (secondary N) is 3. The van der Waals surface area contributed by atoms with Crippen LogP contribution in [0.15, 0.2) is 84.4 Å². The van der Waals surface area contributed by atoms with E-state index in [1.54, 1.807) is 11.3 Å². The number of ketones is 2. The lowest BCUT2D eigenvalue weighted by molar-refractivity contribution is -0.145. The number of piperazine rings is 1. The second-order valence-electron chi connectivity index (χ2n) is 22.9. The van der Waals surface area contributed by atoms with Crippen LogP contribution in [-0.2, 0) is 36.8 Å². The van der Waals surface area contributed by atoms with Gasteiger partial charge in [-0.3, -0.25) is 29.1 Å². The van der Waals surface area contributed by atoms with E-state index in [4.69, 9.17) is 4.74 Å². The summed E-state index contributed by atoms with van der Waals surface area (Å²) in [5.41, 5.74) is 8.40. The molecular formula is C62H74F2N8O7S. The Bertz CT molecular complexity index is 3140. The van der Waals surface area contributed by atoms with Gasteiger partial charge in [0.2, 0.25) is 11.8 Å². The Kier molecular flexibility index (Phi) is 18.9. The lowest BCUT2D eigenvalue weighted by atomic mass is 9.76. The molecule has 4 N–H and O–H groups in total. The third kappa shape index (κ3) is 14.7. The number of ether oxygens (including phenoxy) is 1. The lowest BCUT2D eigenvalue weighted by Crippen LogP contribution is -2.48. The average molecular weight is 1110 g/mol. The molecule has 0 radical (unpaired) electrons. The summed E-state index contributed by atoms with van der Waals surface area (Å²) in [6, 6.07) is 22.2. The van der Waals surface area contributed by atoms with Gasteiger partial charge in [-0.05, 0) is 116 Å². The molecule has 3 aliphatic heterocycles. The molecule has 3 saturated heterocycles. The van der Waals surface area contributed by atoms with Crippen molar-refractivity contribution in [2.24, 2.45) is 11.3 Å². The first-order chi connectivity index (χ1) is 38.4. The van der Waals surface area contributed by atoms with Gasteiger partial charge in [-0.1, -0.05) is 63.9 Å². The summed E-state index contributed by atoms with van der Waals surface area (Å²) in [6.45, 7) is 11.5. The van der Waals surface area contributed by atoms with E-state index in [2.05, 4.69) is 30.7 Å². The number of hydrogen-bond acceptors (Lipinski definition) is 12. The molecule has 9 rings (SSSR count). The molecule has 80 heavy (non-hydrogen) atoms. The molecule has 0 saturated carbocycles. The number of nitrogens with zero attached hydrogens (tertiary/aromatic N) is 5. The maximum atomic E-state index is 14.2. The summed E-state index contributed by atoms with van der Waals surface area (Å²) < 4.78 is 33.5. The van der Waals surface area contributed by atoms with Crippen molar-refractivity contribution in [1.82, 2.24) is 25.0 Å². The minimum absolute atomic E-state index is 0.00498. The molecular weight excluding hydrogens is 1040 g/mol. The van der Waals surface area contributed by atoms with Crippen LogP contribution >= 0.6 is 11.3 Å². The van der Waals surface area contributed by atoms with Gasteiger partial charge in [-0.2, -0.15) is 5.10 Å². The number of H-pyrrole nitrogens is 1. The fourth-order valence-electron chi connectivity index (χ4n) is 11.3. The Hall–Kier alpha value is -6.89. The third-order valence-corrected chi connectivity index (χ3v) is 16.9. The van der Waals surface area contributed by atoms with E-state index in [0.717, 1.165) is 64.7 Å². The van der Waals surface area contributed by atoms with E-state index in [-0.39, 0.29) is 61.1 Å². The number of aromatic amines is 1. The van der Waals surface area contributed by atoms with Crippen LogP contribution in [0.1, 0.15) is 124 Å². The maximum absolute atomic E-state index is 14.2. The Labute approximate surface area is 470 Å². The lowest BCUT2D eigenvalue weighted by Gasteiger charge is -2.36. The number of benzene rings is 4. The predicted octanol–water partition coefficient (Wildman–Crippen LogP) is 10.5. The van der Waals surface area contributed by atoms with Crippen LogP contribution in [0.4, 0.5) is 26.0 Å². The zero-order chi connectivity index (χ0) is 56.5. The number of aliphatic hydroxyl groups excluding tert-OH is 1. The summed E-state index contributed by atoms with van der Waals surface area (Å²) >= 11 is 1.59. The number of amides is 3. The number of carbonyl (C=O) groups is 5. The number of thiazole rings is 1. The van der Waals surface area contributed by atoms with Crippen LogP contribution in [0.5, 0.6) is 0 Å². The van der Waals surface area contributed by atoms with Crippen LogP contribution < -0.4 is 15.5 Å². The second-order valence-corrected chi connectivity index (χ2v) is 23.7. The highest BCUT2D eigenvalue weighted by atomic mass is 32.1. The largest absolute Gasteiger partial charge is 0.391 e. The number of carbonyl (C=O) groups excluding carboxylic acids is 5.